The molecule has 3 amide bonds. The number of ether oxygens (including phenoxy) is 1. The molecule has 11 heteroatoms. The summed E-state index contributed by atoms with van der Waals surface area (Å²) >= 11 is 0. The molecule has 2 aromatic rings. The molecular weight excluding hydrogens is 460 g/mol. The molecule has 0 saturated carbocycles. The van der Waals surface area contributed by atoms with Gasteiger partial charge in [0.25, 0.3) is 0 Å². The molecule has 1 atom stereocenters. The molecule has 0 radical (unpaired) electrons. The van der Waals surface area contributed by atoms with Gasteiger partial charge in [0.2, 0.25) is 11.8 Å². The van der Waals surface area contributed by atoms with E-state index in [9.17, 15) is 23.2 Å². The van der Waals surface area contributed by atoms with E-state index in [0.29, 0.717) is 48.6 Å². The quantitative estimate of drug-likeness (QED) is 0.684. The smallest absolute Gasteiger partial charge is 0.342 e. The molecule has 1 aromatic carbocycles. The number of carbonyl (C=O) groups excluding carboxylic acids is 3. The number of hydrogen-bond acceptors (Lipinski definition) is 5. The van der Waals surface area contributed by atoms with E-state index in [2.05, 4.69) is 15.7 Å². The molecule has 2 aliphatic heterocycles. The number of benzene rings is 1. The molecule has 1 aromatic heterocycles. The van der Waals surface area contributed by atoms with Gasteiger partial charge in [-0.05, 0) is 23.6 Å². The first kappa shape index (κ1) is 24.8. The average Bonchev–Trinajstić information content (AvgIpc) is 3.20. The Morgan fingerprint density at radius 2 is 2.03 bits per heavy atom. The van der Waals surface area contributed by atoms with Crippen LogP contribution < -0.4 is 10.6 Å². The average molecular weight is 490 g/mol. The van der Waals surface area contributed by atoms with Crippen LogP contribution in [0.5, 0.6) is 0 Å². The van der Waals surface area contributed by atoms with Crippen LogP contribution in [0.15, 0.2) is 18.2 Å². The molecule has 2 aliphatic rings. The highest BCUT2D eigenvalue weighted by Gasteiger charge is 2.36. The fraction of sp³-hybridized carbons (Fsp3) is 0.500. The summed E-state index contributed by atoms with van der Waals surface area (Å²) in [5.41, 5.74) is 1.46. The molecule has 2 N–H and O–H groups in total. The van der Waals surface area contributed by atoms with Crippen LogP contribution in [0.3, 0.4) is 0 Å². The second-order valence-electron chi connectivity index (χ2n) is 9.83. The molecule has 35 heavy (non-hydrogen) atoms. The molecule has 1 fully saturated rings. The van der Waals surface area contributed by atoms with Crippen LogP contribution >= 0.6 is 0 Å². The summed E-state index contributed by atoms with van der Waals surface area (Å²) in [5.74, 6) is -2.97. The fourth-order valence-electron chi connectivity index (χ4n) is 4.36. The van der Waals surface area contributed by atoms with Crippen LogP contribution in [0.25, 0.3) is 11.3 Å². The normalized spacial score (nSPS) is 16.9. The van der Waals surface area contributed by atoms with Crippen molar-refractivity contribution in [2.75, 3.05) is 32.8 Å². The highest BCUT2D eigenvalue weighted by atomic mass is 19.2. The number of hydrogen-bond donors (Lipinski definition) is 2. The third-order valence-corrected chi connectivity index (χ3v) is 6.36. The van der Waals surface area contributed by atoms with Gasteiger partial charge in [-0.15, -0.1) is 0 Å². The number of nitrogens with zero attached hydrogens (tertiary/aromatic N) is 3. The van der Waals surface area contributed by atoms with Gasteiger partial charge < -0.3 is 20.3 Å². The minimum absolute atomic E-state index is 0.0103. The van der Waals surface area contributed by atoms with Crippen molar-refractivity contribution in [3.05, 3.63) is 41.1 Å². The molecule has 9 nitrogen and oxygen atoms in total. The van der Waals surface area contributed by atoms with E-state index in [1.807, 2.05) is 20.8 Å². The Hall–Kier alpha value is -3.34. The lowest BCUT2D eigenvalue weighted by Gasteiger charge is -2.36. The Balaban J connectivity index is 1.57. The standard InChI is InChI=1S/C24H29F2N5O4/c1-24(2,3)16(22(33)30-8-7-27-20(32)12-30)11-28-23(34)31-19-6-9-35-13-15(19)21(29-31)14-4-5-17(25)18(26)10-14/h4-5,10,16H,6-9,11-13H2,1-3H3,(H,27,32)(H,28,34). The van der Waals surface area contributed by atoms with Gasteiger partial charge in [0, 0.05) is 37.2 Å². The number of aromatic nitrogens is 2. The zero-order chi connectivity index (χ0) is 25.3. The van der Waals surface area contributed by atoms with Crippen molar-refractivity contribution in [2.24, 2.45) is 11.3 Å². The van der Waals surface area contributed by atoms with Gasteiger partial charge in [0.05, 0.1) is 37.1 Å². The van der Waals surface area contributed by atoms with E-state index in [-0.39, 0.29) is 31.5 Å². The molecule has 1 unspecified atom stereocenters. The van der Waals surface area contributed by atoms with Crippen molar-refractivity contribution in [3.63, 3.8) is 0 Å². The zero-order valence-corrected chi connectivity index (χ0v) is 20.0. The first-order valence-electron chi connectivity index (χ1n) is 11.5. The number of piperazine rings is 1. The number of rotatable bonds is 4. The topological polar surface area (TPSA) is 106 Å². The number of carbonyl (C=O) groups is 3. The van der Waals surface area contributed by atoms with E-state index in [1.54, 1.807) is 0 Å². The monoisotopic (exact) mass is 489 g/mol. The summed E-state index contributed by atoms with van der Waals surface area (Å²) < 4.78 is 34.0. The number of nitrogens with one attached hydrogen (secondary N) is 2. The van der Waals surface area contributed by atoms with Gasteiger partial charge in [0.15, 0.2) is 11.6 Å². The summed E-state index contributed by atoms with van der Waals surface area (Å²) in [5, 5.41) is 9.91. The fourth-order valence-corrected chi connectivity index (χ4v) is 4.36. The lowest BCUT2D eigenvalue weighted by molar-refractivity contribution is -0.144. The van der Waals surface area contributed by atoms with Crippen molar-refractivity contribution >= 4 is 17.8 Å². The molecule has 0 bridgehead atoms. The van der Waals surface area contributed by atoms with Gasteiger partial charge >= 0.3 is 6.03 Å². The highest BCUT2D eigenvalue weighted by molar-refractivity contribution is 5.88. The minimum atomic E-state index is -1.01. The predicted molar refractivity (Wildman–Crippen MR) is 122 cm³/mol. The molecular formula is C24H29F2N5O4. The summed E-state index contributed by atoms with van der Waals surface area (Å²) in [6, 6.07) is 2.93. The van der Waals surface area contributed by atoms with Crippen molar-refractivity contribution < 1.29 is 27.9 Å². The van der Waals surface area contributed by atoms with Gasteiger partial charge in [-0.1, -0.05) is 20.8 Å². The summed E-state index contributed by atoms with van der Waals surface area (Å²) in [6.07, 6.45) is 0.421. The van der Waals surface area contributed by atoms with Gasteiger partial charge in [0.1, 0.15) is 0 Å². The van der Waals surface area contributed by atoms with E-state index in [1.165, 1.54) is 15.6 Å². The van der Waals surface area contributed by atoms with Crippen molar-refractivity contribution in [1.82, 2.24) is 25.3 Å². The van der Waals surface area contributed by atoms with E-state index in [4.69, 9.17) is 4.74 Å². The van der Waals surface area contributed by atoms with E-state index in [0.717, 1.165) is 12.1 Å². The Bertz CT molecular complexity index is 1160. The third kappa shape index (κ3) is 5.19. The number of halogens is 2. The zero-order valence-electron chi connectivity index (χ0n) is 20.0. The van der Waals surface area contributed by atoms with Crippen LogP contribution in [0, 0.1) is 23.0 Å². The second kappa shape index (κ2) is 9.73. The predicted octanol–water partition coefficient (Wildman–Crippen LogP) is 2.08. The van der Waals surface area contributed by atoms with Crippen molar-refractivity contribution in [2.45, 2.75) is 33.8 Å². The lowest BCUT2D eigenvalue weighted by atomic mass is 9.79. The van der Waals surface area contributed by atoms with Gasteiger partial charge in [-0.2, -0.15) is 9.78 Å². The Morgan fingerprint density at radius 1 is 1.26 bits per heavy atom. The van der Waals surface area contributed by atoms with Gasteiger partial charge in [-0.3, -0.25) is 9.59 Å². The summed E-state index contributed by atoms with van der Waals surface area (Å²) in [6.45, 7) is 7.13. The number of amides is 3. The Kier molecular flexibility index (Phi) is 6.88. The Morgan fingerprint density at radius 3 is 2.71 bits per heavy atom. The maximum atomic E-state index is 13.9. The molecule has 0 spiro atoms. The molecule has 188 valence electrons. The lowest BCUT2D eigenvalue weighted by Crippen LogP contribution is -2.54. The largest absolute Gasteiger partial charge is 0.376 e. The maximum Gasteiger partial charge on any atom is 0.342 e. The second-order valence-corrected chi connectivity index (χ2v) is 9.83. The summed E-state index contributed by atoms with van der Waals surface area (Å²) in [7, 11) is 0. The summed E-state index contributed by atoms with van der Waals surface area (Å²) in [4.78, 5) is 39.7. The van der Waals surface area contributed by atoms with Crippen LogP contribution in [0.1, 0.15) is 32.0 Å². The van der Waals surface area contributed by atoms with Crippen LogP contribution in [0.2, 0.25) is 0 Å². The molecule has 3 heterocycles. The highest BCUT2D eigenvalue weighted by Crippen LogP contribution is 2.31. The molecule has 1 saturated heterocycles. The van der Waals surface area contributed by atoms with Crippen LogP contribution in [0.4, 0.5) is 13.6 Å². The molecule has 4 rings (SSSR count). The SMILES string of the molecule is CC(C)(C)C(CNC(=O)n1nc(-c2ccc(F)c(F)c2)c2c1CCOC2)C(=O)N1CCNC(=O)C1. The van der Waals surface area contributed by atoms with Gasteiger partial charge in [-0.25, -0.2) is 13.6 Å². The first-order valence-corrected chi connectivity index (χ1v) is 11.5. The third-order valence-electron chi connectivity index (χ3n) is 6.36. The minimum Gasteiger partial charge on any atom is -0.376 e. The molecule has 0 aliphatic carbocycles. The first-order chi connectivity index (χ1) is 16.6. The van der Waals surface area contributed by atoms with Crippen molar-refractivity contribution in [3.8, 4) is 11.3 Å². The van der Waals surface area contributed by atoms with Crippen molar-refractivity contribution in [1.29, 1.82) is 0 Å². The van der Waals surface area contributed by atoms with E-state index < -0.39 is 29.0 Å². The van der Waals surface area contributed by atoms with E-state index >= 15 is 0 Å². The Labute approximate surface area is 201 Å². The number of fused-ring (bicyclic) bond motifs is 1. The van der Waals surface area contributed by atoms with Crippen LogP contribution in [-0.4, -0.2) is 65.3 Å². The van der Waals surface area contributed by atoms with Crippen LogP contribution in [-0.2, 0) is 27.4 Å². The maximum absolute atomic E-state index is 13.9.